The van der Waals surface area contributed by atoms with Gasteiger partial charge in [0, 0.05) is 17.6 Å². The van der Waals surface area contributed by atoms with E-state index in [9.17, 15) is 21.6 Å². The fourth-order valence-corrected chi connectivity index (χ4v) is 3.56. The summed E-state index contributed by atoms with van der Waals surface area (Å²) in [4.78, 5) is -0.486. The Bertz CT molecular complexity index is 617. The van der Waals surface area contributed by atoms with Crippen LogP contribution in [-0.2, 0) is 16.2 Å². The van der Waals surface area contributed by atoms with Crippen LogP contribution in [0.15, 0.2) is 23.1 Å². The van der Waals surface area contributed by atoms with E-state index < -0.39 is 26.7 Å². The van der Waals surface area contributed by atoms with E-state index in [4.69, 9.17) is 11.6 Å². The normalized spacial score (nSPS) is 19.0. The first-order valence-corrected chi connectivity index (χ1v) is 8.15. The smallest absolute Gasteiger partial charge is 0.313 e. The van der Waals surface area contributed by atoms with E-state index in [1.165, 1.54) is 0 Å². The Labute approximate surface area is 137 Å². The van der Waals surface area contributed by atoms with Crippen molar-refractivity contribution in [2.45, 2.75) is 30.0 Å². The summed E-state index contributed by atoms with van der Waals surface area (Å²) in [6.07, 6.45) is -2.88. The molecule has 1 heterocycles. The summed E-state index contributed by atoms with van der Waals surface area (Å²) in [7, 11) is -4.03. The van der Waals surface area contributed by atoms with E-state index in [-0.39, 0.29) is 30.0 Å². The van der Waals surface area contributed by atoms with Crippen molar-refractivity contribution in [3.05, 3.63) is 28.8 Å². The third-order valence-electron chi connectivity index (χ3n) is 3.19. The third kappa shape index (κ3) is 4.99. The lowest BCUT2D eigenvalue weighted by Gasteiger charge is -2.14. The molecule has 1 aliphatic rings. The molecule has 0 aromatic heterocycles. The van der Waals surface area contributed by atoms with Gasteiger partial charge >= 0.3 is 6.18 Å². The van der Waals surface area contributed by atoms with Gasteiger partial charge in [-0.05, 0) is 37.6 Å². The van der Waals surface area contributed by atoms with Crippen LogP contribution in [0.2, 0.25) is 5.02 Å². The number of sulfonamides is 1. The fraction of sp³-hybridized carbons (Fsp3) is 0.500. The monoisotopic (exact) mass is 378 g/mol. The number of hydrogen-bond donors (Lipinski definition) is 2. The topological polar surface area (TPSA) is 58.2 Å². The van der Waals surface area contributed by atoms with Crippen LogP contribution in [0.3, 0.4) is 0 Å². The van der Waals surface area contributed by atoms with Gasteiger partial charge in [0.1, 0.15) is 0 Å². The molecular formula is C12H15Cl2F3N2O2S. The van der Waals surface area contributed by atoms with Crippen molar-refractivity contribution < 1.29 is 21.6 Å². The highest BCUT2D eigenvalue weighted by Gasteiger charge is 2.32. The number of benzene rings is 1. The Morgan fingerprint density at radius 3 is 2.55 bits per heavy atom. The first-order valence-electron chi connectivity index (χ1n) is 6.29. The fourth-order valence-electron chi connectivity index (χ4n) is 2.11. The minimum atomic E-state index is -4.65. The van der Waals surface area contributed by atoms with Gasteiger partial charge < -0.3 is 5.32 Å². The largest absolute Gasteiger partial charge is 0.416 e. The summed E-state index contributed by atoms with van der Waals surface area (Å²) in [5.41, 5.74) is -1.09. The van der Waals surface area contributed by atoms with Crippen molar-refractivity contribution in [1.82, 2.24) is 10.0 Å². The highest BCUT2D eigenvalue weighted by Crippen LogP contribution is 2.32. The number of alkyl halides is 3. The molecule has 1 aromatic rings. The van der Waals surface area contributed by atoms with E-state index in [2.05, 4.69) is 10.0 Å². The van der Waals surface area contributed by atoms with Crippen LogP contribution in [-0.4, -0.2) is 27.5 Å². The molecule has 0 amide bonds. The van der Waals surface area contributed by atoms with Gasteiger partial charge in [0.25, 0.3) is 0 Å². The molecule has 0 spiro atoms. The van der Waals surface area contributed by atoms with Gasteiger partial charge in [0.05, 0.1) is 10.5 Å². The van der Waals surface area contributed by atoms with Crippen LogP contribution in [0.1, 0.15) is 18.4 Å². The maximum atomic E-state index is 12.7. The van der Waals surface area contributed by atoms with E-state index in [1.807, 2.05) is 0 Å². The molecule has 22 heavy (non-hydrogen) atoms. The van der Waals surface area contributed by atoms with E-state index >= 15 is 0 Å². The molecule has 1 atom stereocenters. The molecule has 1 aromatic carbocycles. The van der Waals surface area contributed by atoms with Crippen LogP contribution in [0.5, 0.6) is 0 Å². The van der Waals surface area contributed by atoms with Crippen molar-refractivity contribution >= 4 is 34.0 Å². The number of rotatable bonds is 4. The Morgan fingerprint density at radius 1 is 1.32 bits per heavy atom. The second-order valence-corrected chi connectivity index (χ2v) is 7.02. The van der Waals surface area contributed by atoms with Crippen molar-refractivity contribution in [1.29, 1.82) is 0 Å². The highest BCUT2D eigenvalue weighted by atomic mass is 35.5. The SMILES string of the molecule is Cl.O=S(=O)(NCC1CCCN1)c1cc(Cl)cc(C(F)(F)F)c1. The molecular weight excluding hydrogens is 364 g/mol. The Morgan fingerprint density at radius 2 is 2.00 bits per heavy atom. The molecule has 1 fully saturated rings. The number of nitrogens with one attached hydrogen (secondary N) is 2. The van der Waals surface area contributed by atoms with Gasteiger partial charge in [-0.3, -0.25) is 0 Å². The van der Waals surface area contributed by atoms with Gasteiger partial charge in [-0.25, -0.2) is 13.1 Å². The average molecular weight is 379 g/mol. The minimum Gasteiger partial charge on any atom is -0.313 e. The Balaban J connectivity index is 0.00000242. The van der Waals surface area contributed by atoms with Gasteiger partial charge in [0.15, 0.2) is 0 Å². The molecule has 2 rings (SSSR count). The average Bonchev–Trinajstić information content (AvgIpc) is 2.88. The summed E-state index contributed by atoms with van der Waals surface area (Å²) in [5.74, 6) is 0. The molecule has 1 unspecified atom stereocenters. The van der Waals surface area contributed by atoms with Crippen LogP contribution in [0.25, 0.3) is 0 Å². The van der Waals surface area contributed by atoms with E-state index in [0.29, 0.717) is 12.1 Å². The quantitative estimate of drug-likeness (QED) is 0.846. The van der Waals surface area contributed by atoms with Gasteiger partial charge in [-0.15, -0.1) is 12.4 Å². The zero-order chi connectivity index (χ0) is 15.7. The summed E-state index contributed by atoms with van der Waals surface area (Å²) in [6, 6.07) is 2.28. The van der Waals surface area contributed by atoms with Gasteiger partial charge in [0.2, 0.25) is 10.0 Å². The molecule has 0 saturated carbocycles. The lowest BCUT2D eigenvalue weighted by Crippen LogP contribution is -2.37. The second kappa shape index (κ2) is 7.35. The molecule has 4 nitrogen and oxygen atoms in total. The molecule has 0 aliphatic carbocycles. The summed E-state index contributed by atoms with van der Waals surface area (Å²) in [6.45, 7) is 0.942. The zero-order valence-electron chi connectivity index (χ0n) is 11.3. The molecule has 1 aliphatic heterocycles. The minimum absolute atomic E-state index is 0. The van der Waals surface area contributed by atoms with Crippen molar-refractivity contribution in [2.75, 3.05) is 13.1 Å². The van der Waals surface area contributed by atoms with E-state index in [1.54, 1.807) is 0 Å². The van der Waals surface area contributed by atoms with Crippen LogP contribution >= 0.6 is 24.0 Å². The Hall–Kier alpha value is -0.540. The summed E-state index contributed by atoms with van der Waals surface area (Å²) < 4.78 is 64.5. The molecule has 1 saturated heterocycles. The summed E-state index contributed by atoms with van der Waals surface area (Å²) in [5, 5.41) is 2.82. The molecule has 2 N–H and O–H groups in total. The lowest BCUT2D eigenvalue weighted by molar-refractivity contribution is -0.137. The first kappa shape index (κ1) is 19.5. The maximum absolute atomic E-state index is 12.7. The van der Waals surface area contributed by atoms with Crippen LogP contribution in [0, 0.1) is 0 Å². The van der Waals surface area contributed by atoms with Crippen LogP contribution in [0.4, 0.5) is 13.2 Å². The number of halogens is 5. The zero-order valence-corrected chi connectivity index (χ0v) is 13.7. The van der Waals surface area contributed by atoms with Crippen LogP contribution < -0.4 is 10.0 Å². The van der Waals surface area contributed by atoms with E-state index in [0.717, 1.165) is 25.5 Å². The molecule has 0 radical (unpaired) electrons. The predicted octanol–water partition coefficient (Wildman–Crippen LogP) is 2.81. The summed E-state index contributed by atoms with van der Waals surface area (Å²) >= 11 is 5.58. The van der Waals surface area contributed by atoms with Crippen molar-refractivity contribution in [3.63, 3.8) is 0 Å². The standard InChI is InChI=1S/C12H14ClF3N2O2S.ClH/c13-9-4-8(12(14,15)16)5-11(6-9)21(19,20)18-7-10-2-1-3-17-10;/h4-6,10,17-18H,1-3,7H2;1H. The van der Waals surface area contributed by atoms with Gasteiger partial charge in [-0.1, -0.05) is 11.6 Å². The second-order valence-electron chi connectivity index (χ2n) is 4.82. The first-order chi connectivity index (χ1) is 9.68. The highest BCUT2D eigenvalue weighted by molar-refractivity contribution is 7.89. The molecule has 126 valence electrons. The predicted molar refractivity (Wildman–Crippen MR) is 79.9 cm³/mol. The third-order valence-corrected chi connectivity index (χ3v) is 4.81. The van der Waals surface area contributed by atoms with Crippen molar-refractivity contribution in [2.24, 2.45) is 0 Å². The molecule has 10 heteroatoms. The van der Waals surface area contributed by atoms with Crippen molar-refractivity contribution in [3.8, 4) is 0 Å². The maximum Gasteiger partial charge on any atom is 0.416 e. The van der Waals surface area contributed by atoms with Gasteiger partial charge in [-0.2, -0.15) is 13.2 Å². The number of hydrogen-bond acceptors (Lipinski definition) is 3. The Kier molecular flexibility index (Phi) is 6.52. The lowest BCUT2D eigenvalue weighted by atomic mass is 10.2. The molecule has 0 bridgehead atoms.